The summed E-state index contributed by atoms with van der Waals surface area (Å²) in [6.07, 6.45) is 3.67. The molecule has 0 aliphatic rings. The van der Waals surface area contributed by atoms with Crippen LogP contribution in [0.3, 0.4) is 0 Å². The second-order valence-electron chi connectivity index (χ2n) is 5.86. The second-order valence-corrected chi connectivity index (χ2v) is 5.86. The standard InChI is InChI=1S/C18H23N5O/c1-14-18(11-19-17-10-20-22(13-17)8-9-24)15(2)23(21-14)12-16-6-4-3-5-7-16/h3-7,10,13,19,24H,8-9,11-12H2,1-2H3. The molecule has 0 spiro atoms. The minimum atomic E-state index is 0.0889. The van der Waals surface area contributed by atoms with Crippen LogP contribution in [0.4, 0.5) is 5.69 Å². The summed E-state index contributed by atoms with van der Waals surface area (Å²) in [5.41, 5.74) is 5.61. The van der Waals surface area contributed by atoms with E-state index in [1.807, 2.05) is 31.3 Å². The molecule has 3 aromatic rings. The highest BCUT2D eigenvalue weighted by Gasteiger charge is 2.12. The van der Waals surface area contributed by atoms with Gasteiger partial charge in [0, 0.05) is 24.0 Å². The Hall–Kier alpha value is -2.60. The van der Waals surface area contributed by atoms with Gasteiger partial charge in [0.25, 0.3) is 0 Å². The lowest BCUT2D eigenvalue weighted by Crippen LogP contribution is -2.05. The maximum absolute atomic E-state index is 8.94. The molecule has 126 valence electrons. The van der Waals surface area contributed by atoms with Crippen LogP contribution in [0.25, 0.3) is 0 Å². The zero-order valence-corrected chi connectivity index (χ0v) is 14.1. The van der Waals surface area contributed by atoms with Crippen molar-refractivity contribution in [2.75, 3.05) is 11.9 Å². The molecule has 0 bridgehead atoms. The van der Waals surface area contributed by atoms with E-state index in [2.05, 4.69) is 39.3 Å². The molecule has 2 N–H and O–H groups in total. The summed E-state index contributed by atoms with van der Waals surface area (Å²) in [6, 6.07) is 10.4. The Morgan fingerprint density at radius 3 is 2.71 bits per heavy atom. The zero-order valence-electron chi connectivity index (χ0n) is 14.1. The quantitative estimate of drug-likeness (QED) is 0.700. The molecule has 3 rings (SSSR count). The van der Waals surface area contributed by atoms with Gasteiger partial charge < -0.3 is 10.4 Å². The molecule has 0 radical (unpaired) electrons. The Morgan fingerprint density at radius 1 is 1.17 bits per heavy atom. The molecular weight excluding hydrogens is 302 g/mol. The highest BCUT2D eigenvalue weighted by atomic mass is 16.3. The van der Waals surface area contributed by atoms with Gasteiger partial charge in [0.2, 0.25) is 0 Å². The van der Waals surface area contributed by atoms with Gasteiger partial charge in [0.05, 0.1) is 37.3 Å². The van der Waals surface area contributed by atoms with Crippen LogP contribution in [0.2, 0.25) is 0 Å². The summed E-state index contributed by atoms with van der Waals surface area (Å²) >= 11 is 0. The van der Waals surface area contributed by atoms with Crippen molar-refractivity contribution in [2.45, 2.75) is 33.5 Å². The van der Waals surface area contributed by atoms with Crippen LogP contribution in [0.1, 0.15) is 22.5 Å². The van der Waals surface area contributed by atoms with Crippen molar-refractivity contribution in [2.24, 2.45) is 0 Å². The number of hydrogen-bond acceptors (Lipinski definition) is 4. The first-order valence-electron chi connectivity index (χ1n) is 8.11. The fourth-order valence-electron chi connectivity index (χ4n) is 2.77. The van der Waals surface area contributed by atoms with Crippen molar-refractivity contribution in [3.63, 3.8) is 0 Å². The molecule has 0 unspecified atom stereocenters. The fourth-order valence-corrected chi connectivity index (χ4v) is 2.77. The lowest BCUT2D eigenvalue weighted by molar-refractivity contribution is 0.269. The minimum absolute atomic E-state index is 0.0889. The highest BCUT2D eigenvalue weighted by Crippen LogP contribution is 2.17. The molecule has 0 aliphatic carbocycles. The van der Waals surface area contributed by atoms with Gasteiger partial charge >= 0.3 is 0 Å². The van der Waals surface area contributed by atoms with Gasteiger partial charge in [-0.15, -0.1) is 0 Å². The van der Waals surface area contributed by atoms with Crippen molar-refractivity contribution in [3.05, 3.63) is 65.2 Å². The fraction of sp³-hybridized carbons (Fsp3) is 0.333. The SMILES string of the molecule is Cc1nn(Cc2ccccc2)c(C)c1CNc1cnn(CCO)c1. The Morgan fingerprint density at radius 2 is 1.96 bits per heavy atom. The Kier molecular flexibility index (Phi) is 4.96. The maximum Gasteiger partial charge on any atom is 0.0729 e. The molecule has 2 heterocycles. The van der Waals surface area contributed by atoms with Crippen LogP contribution in [0, 0.1) is 13.8 Å². The first-order valence-corrected chi connectivity index (χ1v) is 8.11. The molecule has 0 saturated heterocycles. The third kappa shape index (κ3) is 3.65. The summed E-state index contributed by atoms with van der Waals surface area (Å²) in [4.78, 5) is 0. The van der Waals surface area contributed by atoms with E-state index in [-0.39, 0.29) is 6.61 Å². The lowest BCUT2D eigenvalue weighted by Gasteiger charge is -2.07. The molecule has 0 aliphatic heterocycles. The Labute approximate surface area is 141 Å². The van der Waals surface area contributed by atoms with Gasteiger partial charge in [-0.2, -0.15) is 10.2 Å². The summed E-state index contributed by atoms with van der Waals surface area (Å²) in [5.74, 6) is 0. The maximum atomic E-state index is 8.94. The first-order chi connectivity index (χ1) is 11.7. The number of aliphatic hydroxyl groups excluding tert-OH is 1. The topological polar surface area (TPSA) is 67.9 Å². The zero-order chi connectivity index (χ0) is 16.9. The van der Waals surface area contributed by atoms with Crippen LogP contribution in [0.15, 0.2) is 42.7 Å². The predicted molar refractivity (Wildman–Crippen MR) is 93.9 cm³/mol. The summed E-state index contributed by atoms with van der Waals surface area (Å²) < 4.78 is 3.78. The molecule has 6 nitrogen and oxygen atoms in total. The average molecular weight is 325 g/mol. The predicted octanol–water partition coefficient (Wildman–Crippen LogP) is 2.35. The van der Waals surface area contributed by atoms with Crippen molar-refractivity contribution in [1.29, 1.82) is 0 Å². The molecule has 1 aromatic carbocycles. The Bertz CT molecular complexity index is 791. The van der Waals surface area contributed by atoms with Crippen LogP contribution < -0.4 is 5.32 Å². The third-order valence-corrected chi connectivity index (χ3v) is 4.14. The van der Waals surface area contributed by atoms with Crippen molar-refractivity contribution in [1.82, 2.24) is 19.6 Å². The molecule has 24 heavy (non-hydrogen) atoms. The molecule has 0 amide bonds. The van der Waals surface area contributed by atoms with Gasteiger partial charge in [-0.25, -0.2) is 0 Å². The number of aliphatic hydroxyl groups is 1. The summed E-state index contributed by atoms with van der Waals surface area (Å²) in [6.45, 7) is 6.23. The van der Waals surface area contributed by atoms with Crippen molar-refractivity contribution in [3.8, 4) is 0 Å². The van der Waals surface area contributed by atoms with Gasteiger partial charge in [0.1, 0.15) is 0 Å². The average Bonchev–Trinajstić information content (AvgIpc) is 3.13. The monoisotopic (exact) mass is 325 g/mol. The number of aryl methyl sites for hydroxylation is 1. The molecule has 2 aromatic heterocycles. The van der Waals surface area contributed by atoms with Gasteiger partial charge in [-0.3, -0.25) is 9.36 Å². The molecule has 0 saturated carbocycles. The van der Waals surface area contributed by atoms with Gasteiger partial charge in [0.15, 0.2) is 0 Å². The van der Waals surface area contributed by atoms with Crippen molar-refractivity contribution >= 4 is 5.69 Å². The number of anilines is 1. The van der Waals surface area contributed by atoms with Crippen molar-refractivity contribution < 1.29 is 5.11 Å². The van der Waals surface area contributed by atoms with E-state index in [4.69, 9.17) is 5.11 Å². The normalized spacial score (nSPS) is 11.0. The van der Waals surface area contributed by atoms with E-state index in [1.54, 1.807) is 10.9 Å². The molecule has 6 heteroatoms. The van der Waals surface area contributed by atoms with Gasteiger partial charge in [-0.05, 0) is 19.4 Å². The molecule has 0 fully saturated rings. The van der Waals surface area contributed by atoms with E-state index >= 15 is 0 Å². The number of rotatable bonds is 7. The number of nitrogens with one attached hydrogen (secondary N) is 1. The number of hydrogen-bond donors (Lipinski definition) is 2. The summed E-state index contributed by atoms with van der Waals surface area (Å²) in [5, 5.41) is 21.2. The summed E-state index contributed by atoms with van der Waals surface area (Å²) in [7, 11) is 0. The van der Waals surface area contributed by atoms with Gasteiger partial charge in [-0.1, -0.05) is 30.3 Å². The van der Waals surface area contributed by atoms with Crippen LogP contribution >= 0.6 is 0 Å². The van der Waals surface area contributed by atoms with E-state index < -0.39 is 0 Å². The first kappa shape index (κ1) is 16.3. The number of aromatic nitrogens is 4. The lowest BCUT2D eigenvalue weighted by atomic mass is 10.2. The largest absolute Gasteiger partial charge is 0.394 e. The second kappa shape index (κ2) is 7.31. The smallest absolute Gasteiger partial charge is 0.0729 e. The van der Waals surface area contributed by atoms with E-state index in [0.29, 0.717) is 13.1 Å². The number of benzene rings is 1. The van der Waals surface area contributed by atoms with Crippen LogP contribution in [0.5, 0.6) is 0 Å². The molecular formula is C18H23N5O. The third-order valence-electron chi connectivity index (χ3n) is 4.14. The Balaban J connectivity index is 1.69. The highest BCUT2D eigenvalue weighted by molar-refractivity contribution is 5.40. The van der Waals surface area contributed by atoms with Crippen LogP contribution in [-0.4, -0.2) is 31.3 Å². The van der Waals surface area contributed by atoms with Crippen LogP contribution in [-0.2, 0) is 19.6 Å². The van der Waals surface area contributed by atoms with E-state index in [0.717, 1.165) is 17.9 Å². The minimum Gasteiger partial charge on any atom is -0.394 e. The van der Waals surface area contributed by atoms with E-state index in [1.165, 1.54) is 16.8 Å². The van der Waals surface area contributed by atoms with E-state index in [9.17, 15) is 0 Å². The number of nitrogens with zero attached hydrogens (tertiary/aromatic N) is 4. The molecule has 0 atom stereocenters.